The number of carbonyl (C=O) groups is 1. The quantitative estimate of drug-likeness (QED) is 0.381. The molecule has 130 valence electrons. The van der Waals surface area contributed by atoms with E-state index < -0.39 is 0 Å². The number of carbonyl (C=O) groups excluding carboxylic acids is 1. The number of hydrogen-bond donors (Lipinski definition) is 0. The molecule has 3 nitrogen and oxygen atoms in total. The molecule has 4 rings (SSSR count). The van der Waals surface area contributed by atoms with Crippen molar-refractivity contribution in [3.63, 3.8) is 0 Å². The summed E-state index contributed by atoms with van der Waals surface area (Å²) in [5.41, 5.74) is 5.04. The SMILES string of the molecule is O=Cc1cc(Br)cc(-c2cc(-c3ccccc3)nc(-c3ccccc3)n2)c1. The Hall–Kier alpha value is -3.11. The first-order chi connectivity index (χ1) is 13.2. The number of aromatic nitrogens is 2. The lowest BCUT2D eigenvalue weighted by Gasteiger charge is -2.10. The lowest BCUT2D eigenvalue weighted by molar-refractivity contribution is 0.112. The normalized spacial score (nSPS) is 10.6. The van der Waals surface area contributed by atoms with E-state index in [2.05, 4.69) is 15.9 Å². The van der Waals surface area contributed by atoms with Crippen LogP contribution in [0.5, 0.6) is 0 Å². The fraction of sp³-hybridized carbons (Fsp3) is 0. The molecule has 0 aliphatic carbocycles. The van der Waals surface area contributed by atoms with Crippen LogP contribution in [0.2, 0.25) is 0 Å². The van der Waals surface area contributed by atoms with E-state index in [1.165, 1.54) is 0 Å². The van der Waals surface area contributed by atoms with Crippen molar-refractivity contribution in [3.05, 3.63) is 95.0 Å². The summed E-state index contributed by atoms with van der Waals surface area (Å²) in [6.45, 7) is 0. The Morgan fingerprint density at radius 2 is 1.26 bits per heavy atom. The number of hydrogen-bond acceptors (Lipinski definition) is 3. The average Bonchev–Trinajstić information content (AvgIpc) is 2.74. The Balaban J connectivity index is 1.94. The Labute approximate surface area is 165 Å². The van der Waals surface area contributed by atoms with Gasteiger partial charge in [0.2, 0.25) is 0 Å². The molecule has 0 aliphatic heterocycles. The van der Waals surface area contributed by atoms with Crippen molar-refractivity contribution in [1.82, 2.24) is 9.97 Å². The summed E-state index contributed by atoms with van der Waals surface area (Å²) in [4.78, 5) is 20.8. The molecule has 1 heterocycles. The smallest absolute Gasteiger partial charge is 0.160 e. The topological polar surface area (TPSA) is 42.9 Å². The first-order valence-corrected chi connectivity index (χ1v) is 9.28. The predicted octanol–water partition coefficient (Wildman–Crippen LogP) is 6.05. The van der Waals surface area contributed by atoms with E-state index in [4.69, 9.17) is 9.97 Å². The van der Waals surface area contributed by atoms with Gasteiger partial charge in [0.15, 0.2) is 5.82 Å². The number of nitrogens with zero attached hydrogens (tertiary/aromatic N) is 2. The van der Waals surface area contributed by atoms with Gasteiger partial charge in [0.05, 0.1) is 11.4 Å². The average molecular weight is 415 g/mol. The van der Waals surface area contributed by atoms with Crippen LogP contribution in [-0.4, -0.2) is 16.3 Å². The van der Waals surface area contributed by atoms with Crippen LogP contribution in [0.15, 0.2) is 89.4 Å². The highest BCUT2D eigenvalue weighted by Crippen LogP contribution is 2.29. The summed E-state index contributed by atoms with van der Waals surface area (Å²) < 4.78 is 0.836. The molecule has 0 saturated heterocycles. The third-order valence-corrected chi connectivity index (χ3v) is 4.64. The highest BCUT2D eigenvalue weighted by Gasteiger charge is 2.11. The van der Waals surface area contributed by atoms with Crippen LogP contribution in [0.4, 0.5) is 0 Å². The van der Waals surface area contributed by atoms with Gasteiger partial charge in [-0.2, -0.15) is 0 Å². The number of benzene rings is 3. The second-order valence-corrected chi connectivity index (χ2v) is 7.00. The molecule has 0 saturated carbocycles. The van der Waals surface area contributed by atoms with Gasteiger partial charge in [0.1, 0.15) is 6.29 Å². The van der Waals surface area contributed by atoms with Crippen molar-refractivity contribution < 1.29 is 4.79 Å². The summed E-state index contributed by atoms with van der Waals surface area (Å²) in [6.07, 6.45) is 0.839. The zero-order valence-electron chi connectivity index (χ0n) is 14.3. The Kier molecular flexibility index (Phi) is 4.90. The third kappa shape index (κ3) is 3.86. The molecule has 0 spiro atoms. The molecular formula is C23H15BrN2O. The Morgan fingerprint density at radius 1 is 0.667 bits per heavy atom. The molecule has 0 N–H and O–H groups in total. The maximum Gasteiger partial charge on any atom is 0.160 e. The van der Waals surface area contributed by atoms with Gasteiger partial charge in [-0.15, -0.1) is 0 Å². The number of halogens is 1. The molecular weight excluding hydrogens is 400 g/mol. The van der Waals surface area contributed by atoms with Crippen molar-refractivity contribution in [1.29, 1.82) is 0 Å². The van der Waals surface area contributed by atoms with E-state index in [1.54, 1.807) is 6.07 Å². The molecule has 0 bridgehead atoms. The van der Waals surface area contributed by atoms with Crippen LogP contribution in [-0.2, 0) is 0 Å². The summed E-state index contributed by atoms with van der Waals surface area (Å²) in [5, 5.41) is 0. The molecule has 4 aromatic rings. The van der Waals surface area contributed by atoms with Gasteiger partial charge >= 0.3 is 0 Å². The van der Waals surface area contributed by atoms with Gasteiger partial charge in [-0.05, 0) is 24.3 Å². The van der Waals surface area contributed by atoms with Crippen LogP contribution in [0.3, 0.4) is 0 Å². The zero-order valence-corrected chi connectivity index (χ0v) is 15.9. The third-order valence-electron chi connectivity index (χ3n) is 4.18. The molecule has 3 aromatic carbocycles. The van der Waals surface area contributed by atoms with E-state index >= 15 is 0 Å². The van der Waals surface area contributed by atoms with Gasteiger partial charge < -0.3 is 0 Å². The maximum atomic E-state index is 11.3. The van der Waals surface area contributed by atoms with E-state index in [1.807, 2.05) is 78.9 Å². The maximum absolute atomic E-state index is 11.3. The number of aldehydes is 1. The van der Waals surface area contributed by atoms with Crippen LogP contribution in [0.1, 0.15) is 10.4 Å². The van der Waals surface area contributed by atoms with Gasteiger partial charge in [0, 0.05) is 26.7 Å². The summed E-state index contributed by atoms with van der Waals surface area (Å²) in [7, 11) is 0. The standard InChI is InChI=1S/C23H15BrN2O/c24-20-12-16(15-27)11-19(13-20)22-14-21(17-7-3-1-4-8-17)25-23(26-22)18-9-5-2-6-10-18/h1-15H. The van der Waals surface area contributed by atoms with Crippen LogP contribution >= 0.6 is 15.9 Å². The van der Waals surface area contributed by atoms with Crippen LogP contribution in [0, 0.1) is 0 Å². The minimum atomic E-state index is 0.598. The van der Waals surface area contributed by atoms with E-state index in [-0.39, 0.29) is 0 Å². The lowest BCUT2D eigenvalue weighted by Crippen LogP contribution is -1.96. The minimum absolute atomic E-state index is 0.598. The molecule has 4 heteroatoms. The van der Waals surface area contributed by atoms with E-state index in [9.17, 15) is 4.79 Å². The molecule has 27 heavy (non-hydrogen) atoms. The van der Waals surface area contributed by atoms with Crippen molar-refractivity contribution in [2.75, 3.05) is 0 Å². The van der Waals surface area contributed by atoms with Crippen molar-refractivity contribution in [3.8, 4) is 33.9 Å². The minimum Gasteiger partial charge on any atom is -0.298 e. The zero-order chi connectivity index (χ0) is 18.6. The van der Waals surface area contributed by atoms with E-state index in [0.717, 1.165) is 38.8 Å². The van der Waals surface area contributed by atoms with Gasteiger partial charge in [-0.25, -0.2) is 9.97 Å². The van der Waals surface area contributed by atoms with Gasteiger partial charge in [0.25, 0.3) is 0 Å². The highest BCUT2D eigenvalue weighted by atomic mass is 79.9. The Bertz CT molecular complexity index is 1040. The largest absolute Gasteiger partial charge is 0.298 e. The summed E-state index contributed by atoms with van der Waals surface area (Å²) in [5.74, 6) is 0.652. The fourth-order valence-electron chi connectivity index (χ4n) is 2.90. The predicted molar refractivity (Wildman–Crippen MR) is 111 cm³/mol. The Morgan fingerprint density at radius 3 is 1.89 bits per heavy atom. The second-order valence-electron chi connectivity index (χ2n) is 6.09. The molecule has 0 unspecified atom stereocenters. The molecule has 0 radical (unpaired) electrons. The summed E-state index contributed by atoms with van der Waals surface area (Å²) >= 11 is 3.48. The first-order valence-electron chi connectivity index (χ1n) is 8.49. The molecule has 1 aromatic heterocycles. The summed E-state index contributed by atoms with van der Waals surface area (Å²) in [6, 6.07) is 27.4. The van der Waals surface area contributed by atoms with Crippen molar-refractivity contribution in [2.45, 2.75) is 0 Å². The van der Waals surface area contributed by atoms with Crippen LogP contribution in [0.25, 0.3) is 33.9 Å². The van der Waals surface area contributed by atoms with Gasteiger partial charge in [-0.1, -0.05) is 76.6 Å². The first kappa shape index (κ1) is 17.3. The molecule has 0 aliphatic rings. The van der Waals surface area contributed by atoms with Gasteiger partial charge in [-0.3, -0.25) is 4.79 Å². The van der Waals surface area contributed by atoms with Crippen molar-refractivity contribution >= 4 is 22.2 Å². The van der Waals surface area contributed by atoms with E-state index in [0.29, 0.717) is 11.4 Å². The number of rotatable bonds is 4. The monoisotopic (exact) mass is 414 g/mol. The molecule has 0 atom stereocenters. The second kappa shape index (κ2) is 7.64. The van der Waals surface area contributed by atoms with Crippen LogP contribution < -0.4 is 0 Å². The molecule has 0 amide bonds. The van der Waals surface area contributed by atoms with Crippen molar-refractivity contribution in [2.24, 2.45) is 0 Å². The highest BCUT2D eigenvalue weighted by molar-refractivity contribution is 9.10. The fourth-order valence-corrected chi connectivity index (χ4v) is 3.41. The lowest BCUT2D eigenvalue weighted by atomic mass is 10.0. The molecule has 0 fully saturated rings.